The third kappa shape index (κ3) is 2.03. The van der Waals surface area contributed by atoms with E-state index in [4.69, 9.17) is 23.2 Å². The van der Waals surface area contributed by atoms with E-state index in [9.17, 15) is 9.18 Å². The topological polar surface area (TPSA) is 17.1 Å². The summed E-state index contributed by atoms with van der Waals surface area (Å²) in [5.74, 6) is -1.17. The van der Waals surface area contributed by atoms with Crippen LogP contribution in [0.1, 0.15) is 17.3 Å². The molecular formula is C8H4BrCl2FO. The second-order valence-electron chi connectivity index (χ2n) is 2.40. The van der Waals surface area contributed by atoms with Crippen molar-refractivity contribution in [1.29, 1.82) is 0 Å². The van der Waals surface area contributed by atoms with Crippen LogP contribution in [0.25, 0.3) is 0 Å². The quantitative estimate of drug-likeness (QED) is 0.431. The Hall–Kier alpha value is -0.120. The van der Waals surface area contributed by atoms with E-state index in [1.165, 1.54) is 13.0 Å². The van der Waals surface area contributed by atoms with Crippen LogP contribution in [0.15, 0.2) is 10.5 Å². The molecule has 1 nitrogen and oxygen atoms in total. The van der Waals surface area contributed by atoms with Crippen LogP contribution in [0.3, 0.4) is 0 Å². The third-order valence-corrected chi connectivity index (χ3v) is 3.18. The molecule has 1 aromatic carbocycles. The van der Waals surface area contributed by atoms with Crippen LogP contribution >= 0.6 is 39.1 Å². The van der Waals surface area contributed by atoms with Gasteiger partial charge in [-0.2, -0.15) is 0 Å². The molecule has 0 aliphatic heterocycles. The maximum atomic E-state index is 13.2. The first-order chi connectivity index (χ1) is 5.95. The number of rotatable bonds is 1. The van der Waals surface area contributed by atoms with Crippen molar-refractivity contribution < 1.29 is 9.18 Å². The highest BCUT2D eigenvalue weighted by Crippen LogP contribution is 2.34. The van der Waals surface area contributed by atoms with Gasteiger partial charge in [0, 0.05) is 4.47 Å². The summed E-state index contributed by atoms with van der Waals surface area (Å²) in [4.78, 5) is 10.9. The van der Waals surface area contributed by atoms with Gasteiger partial charge in [0.15, 0.2) is 11.6 Å². The molecule has 0 amide bonds. The Morgan fingerprint density at radius 3 is 2.46 bits per heavy atom. The van der Waals surface area contributed by atoms with Crippen LogP contribution in [0.4, 0.5) is 4.39 Å². The molecule has 0 radical (unpaired) electrons. The molecule has 0 spiro atoms. The van der Waals surface area contributed by atoms with Crippen molar-refractivity contribution in [3.05, 3.63) is 32.0 Å². The molecule has 0 bridgehead atoms. The number of hydrogen-bond acceptors (Lipinski definition) is 1. The molecule has 0 aliphatic rings. The fourth-order valence-electron chi connectivity index (χ4n) is 0.829. The lowest BCUT2D eigenvalue weighted by Gasteiger charge is -2.04. The van der Waals surface area contributed by atoms with Crippen LogP contribution in [0.2, 0.25) is 10.0 Å². The molecular weight excluding hydrogens is 282 g/mol. The first-order valence-corrected chi connectivity index (χ1v) is 4.84. The normalized spacial score (nSPS) is 10.2. The van der Waals surface area contributed by atoms with E-state index in [0.29, 0.717) is 4.47 Å². The minimum Gasteiger partial charge on any atom is -0.294 e. The standard InChI is InChI=1S/C8H4BrCl2FO/c1-3(13)4-2-5(9)6(10)7(11)8(4)12/h2H,1H3. The highest BCUT2D eigenvalue weighted by molar-refractivity contribution is 9.10. The predicted molar refractivity (Wildman–Crippen MR) is 54.1 cm³/mol. The molecule has 0 unspecified atom stereocenters. The average Bonchev–Trinajstić information content (AvgIpc) is 2.07. The van der Waals surface area contributed by atoms with E-state index >= 15 is 0 Å². The molecule has 0 N–H and O–H groups in total. The van der Waals surface area contributed by atoms with Gasteiger partial charge in [0.1, 0.15) is 0 Å². The second-order valence-corrected chi connectivity index (χ2v) is 4.01. The van der Waals surface area contributed by atoms with Crippen LogP contribution in [-0.2, 0) is 0 Å². The number of Topliss-reactive ketones (excluding diaryl/α,β-unsaturated/α-hetero) is 1. The lowest BCUT2D eigenvalue weighted by atomic mass is 10.1. The largest absolute Gasteiger partial charge is 0.294 e. The highest BCUT2D eigenvalue weighted by Gasteiger charge is 2.16. The minimum atomic E-state index is -0.776. The van der Waals surface area contributed by atoms with Crippen molar-refractivity contribution >= 4 is 44.9 Å². The van der Waals surface area contributed by atoms with Gasteiger partial charge in [0.05, 0.1) is 15.6 Å². The Kier molecular flexibility index (Phi) is 3.33. The van der Waals surface area contributed by atoms with Crippen LogP contribution in [0.5, 0.6) is 0 Å². The van der Waals surface area contributed by atoms with E-state index in [-0.39, 0.29) is 15.6 Å². The molecule has 1 rings (SSSR count). The monoisotopic (exact) mass is 284 g/mol. The molecule has 13 heavy (non-hydrogen) atoms. The average molecular weight is 286 g/mol. The van der Waals surface area contributed by atoms with E-state index in [1.54, 1.807) is 0 Å². The van der Waals surface area contributed by atoms with Crippen LogP contribution < -0.4 is 0 Å². The Balaban J connectivity index is 3.50. The van der Waals surface area contributed by atoms with Gasteiger partial charge in [0.25, 0.3) is 0 Å². The molecule has 0 saturated carbocycles. The van der Waals surface area contributed by atoms with Gasteiger partial charge < -0.3 is 0 Å². The zero-order valence-corrected chi connectivity index (χ0v) is 9.60. The summed E-state index contributed by atoms with van der Waals surface area (Å²) in [5, 5.41) is -0.162. The summed E-state index contributed by atoms with van der Waals surface area (Å²) in [7, 11) is 0. The summed E-state index contributed by atoms with van der Waals surface area (Å²) in [5.41, 5.74) is -0.0683. The van der Waals surface area contributed by atoms with E-state index in [0.717, 1.165) is 0 Å². The Labute approximate surface area is 93.0 Å². The number of hydrogen-bond donors (Lipinski definition) is 0. The van der Waals surface area contributed by atoms with Gasteiger partial charge in [-0.1, -0.05) is 23.2 Å². The number of ketones is 1. The predicted octanol–water partition coefficient (Wildman–Crippen LogP) is 4.10. The zero-order chi connectivity index (χ0) is 10.2. The van der Waals surface area contributed by atoms with Gasteiger partial charge in [-0.3, -0.25) is 4.79 Å². The SMILES string of the molecule is CC(=O)c1cc(Br)c(Cl)c(Cl)c1F. The highest BCUT2D eigenvalue weighted by atomic mass is 79.9. The first kappa shape index (κ1) is 11.0. The van der Waals surface area contributed by atoms with Gasteiger partial charge >= 0.3 is 0 Å². The van der Waals surface area contributed by atoms with Crippen molar-refractivity contribution in [1.82, 2.24) is 0 Å². The van der Waals surface area contributed by atoms with Gasteiger partial charge in [-0.25, -0.2) is 4.39 Å². The smallest absolute Gasteiger partial charge is 0.162 e. The van der Waals surface area contributed by atoms with Gasteiger partial charge in [-0.15, -0.1) is 0 Å². The number of carbonyl (C=O) groups excluding carboxylic acids is 1. The fourth-order valence-corrected chi connectivity index (χ4v) is 1.71. The minimum absolute atomic E-state index is 0.0683. The molecule has 70 valence electrons. The van der Waals surface area contributed by atoms with Crippen molar-refractivity contribution in [2.75, 3.05) is 0 Å². The lowest BCUT2D eigenvalue weighted by Crippen LogP contribution is -1.98. The van der Waals surface area contributed by atoms with Crippen LogP contribution in [0, 0.1) is 5.82 Å². The van der Waals surface area contributed by atoms with Crippen molar-refractivity contribution in [3.8, 4) is 0 Å². The summed E-state index contributed by atoms with van der Waals surface area (Å²) in [6.45, 7) is 1.26. The lowest BCUT2D eigenvalue weighted by molar-refractivity contribution is 0.101. The van der Waals surface area contributed by atoms with Gasteiger partial charge in [0.2, 0.25) is 0 Å². The van der Waals surface area contributed by atoms with E-state index < -0.39 is 11.6 Å². The molecule has 0 atom stereocenters. The Morgan fingerprint density at radius 1 is 1.46 bits per heavy atom. The molecule has 0 saturated heterocycles. The molecule has 0 heterocycles. The van der Waals surface area contributed by atoms with Crippen molar-refractivity contribution in [3.63, 3.8) is 0 Å². The van der Waals surface area contributed by atoms with Crippen molar-refractivity contribution in [2.45, 2.75) is 6.92 Å². The molecule has 5 heteroatoms. The zero-order valence-electron chi connectivity index (χ0n) is 6.50. The summed E-state index contributed by atoms with van der Waals surface area (Å²) in [6, 6.07) is 1.31. The molecule has 1 aromatic rings. The molecule has 0 fully saturated rings. The molecule has 0 aliphatic carbocycles. The fraction of sp³-hybridized carbons (Fsp3) is 0.125. The third-order valence-electron chi connectivity index (χ3n) is 1.48. The number of benzene rings is 1. The number of carbonyl (C=O) groups is 1. The summed E-state index contributed by atoms with van der Waals surface area (Å²) >= 11 is 14.2. The van der Waals surface area contributed by atoms with E-state index in [2.05, 4.69) is 15.9 Å². The number of halogens is 4. The Bertz CT molecular complexity index is 379. The van der Waals surface area contributed by atoms with E-state index in [1.807, 2.05) is 0 Å². The van der Waals surface area contributed by atoms with Crippen molar-refractivity contribution in [2.24, 2.45) is 0 Å². The van der Waals surface area contributed by atoms with Crippen LogP contribution in [-0.4, -0.2) is 5.78 Å². The maximum Gasteiger partial charge on any atom is 0.162 e. The first-order valence-electron chi connectivity index (χ1n) is 3.29. The second kappa shape index (κ2) is 3.95. The summed E-state index contributed by atoms with van der Waals surface area (Å²) in [6.07, 6.45) is 0. The summed E-state index contributed by atoms with van der Waals surface area (Å²) < 4.78 is 13.6. The van der Waals surface area contributed by atoms with Gasteiger partial charge in [-0.05, 0) is 28.9 Å². The molecule has 0 aromatic heterocycles. The Morgan fingerprint density at radius 2 is 2.00 bits per heavy atom. The maximum absolute atomic E-state index is 13.2.